The molecule has 27 heavy (non-hydrogen) atoms. The van der Waals surface area contributed by atoms with Gasteiger partial charge in [0.25, 0.3) is 0 Å². The van der Waals surface area contributed by atoms with Gasteiger partial charge < -0.3 is 15.6 Å². The second-order valence-corrected chi connectivity index (χ2v) is 5.91. The Morgan fingerprint density at radius 1 is 0.963 bits per heavy atom. The van der Waals surface area contributed by atoms with Crippen LogP contribution in [0.25, 0.3) is 10.9 Å². The first-order valence-corrected chi connectivity index (χ1v) is 8.20. The molecule has 0 saturated carbocycles. The van der Waals surface area contributed by atoms with Gasteiger partial charge in [0.1, 0.15) is 6.42 Å². The van der Waals surface area contributed by atoms with Gasteiger partial charge in [0.15, 0.2) is 17.5 Å². The second kappa shape index (κ2) is 7.94. The fourth-order valence-electron chi connectivity index (χ4n) is 2.70. The number of anilines is 1. The smallest absolute Gasteiger partial charge is 0.233 e. The number of para-hydroxylation sites is 1. The fourth-order valence-corrected chi connectivity index (χ4v) is 2.70. The Balaban J connectivity index is 1.49. The summed E-state index contributed by atoms with van der Waals surface area (Å²) < 4.78 is 39.5. The predicted molar refractivity (Wildman–Crippen MR) is 94.6 cm³/mol. The van der Waals surface area contributed by atoms with E-state index in [-0.39, 0.29) is 0 Å². The number of aromatic amines is 1. The quantitative estimate of drug-likeness (QED) is 0.457. The summed E-state index contributed by atoms with van der Waals surface area (Å²) in [6, 6.07) is 9.32. The van der Waals surface area contributed by atoms with Crippen LogP contribution in [0.4, 0.5) is 18.9 Å². The van der Waals surface area contributed by atoms with Crippen LogP contribution in [0.2, 0.25) is 0 Å². The monoisotopic (exact) mass is 375 g/mol. The summed E-state index contributed by atoms with van der Waals surface area (Å²) in [5.74, 6) is -5.94. The van der Waals surface area contributed by atoms with Crippen molar-refractivity contribution in [2.75, 3.05) is 11.9 Å². The molecule has 3 N–H and O–H groups in total. The highest BCUT2D eigenvalue weighted by atomic mass is 19.2. The van der Waals surface area contributed by atoms with Gasteiger partial charge >= 0.3 is 0 Å². The normalized spacial score (nSPS) is 10.8. The highest BCUT2D eigenvalue weighted by Gasteiger charge is 2.16. The molecule has 0 unspecified atom stereocenters. The van der Waals surface area contributed by atoms with E-state index in [0.29, 0.717) is 19.0 Å². The van der Waals surface area contributed by atoms with Crippen molar-refractivity contribution in [1.29, 1.82) is 0 Å². The maximum Gasteiger partial charge on any atom is 0.233 e. The molecule has 5 nitrogen and oxygen atoms in total. The molecular weight excluding hydrogens is 359 g/mol. The van der Waals surface area contributed by atoms with Crippen LogP contribution in [0, 0.1) is 17.5 Å². The number of carbonyl (C=O) groups is 2. The molecule has 1 heterocycles. The lowest BCUT2D eigenvalue weighted by Gasteiger charge is -2.08. The molecule has 8 heteroatoms. The van der Waals surface area contributed by atoms with Crippen molar-refractivity contribution in [1.82, 2.24) is 10.3 Å². The summed E-state index contributed by atoms with van der Waals surface area (Å²) in [4.78, 5) is 26.7. The SMILES string of the molecule is O=C(CC(=O)Nc1ccc(F)c(F)c1F)NCCc1c[nH]c2ccccc12. The third-order valence-electron chi connectivity index (χ3n) is 4.02. The number of carbonyl (C=O) groups excluding carboxylic acids is 2. The van der Waals surface area contributed by atoms with Gasteiger partial charge in [-0.3, -0.25) is 9.59 Å². The minimum atomic E-state index is -1.68. The van der Waals surface area contributed by atoms with E-state index >= 15 is 0 Å². The standard InChI is InChI=1S/C19H16F3N3O2/c20-13-5-6-15(19(22)18(13)21)25-17(27)9-16(26)23-8-7-11-10-24-14-4-2-1-3-12(11)14/h1-6,10,24H,7-9H2,(H,23,26)(H,25,27). The van der Waals surface area contributed by atoms with Gasteiger partial charge in [-0.1, -0.05) is 18.2 Å². The number of hydrogen-bond acceptors (Lipinski definition) is 2. The molecule has 2 aromatic carbocycles. The zero-order valence-corrected chi connectivity index (χ0v) is 14.1. The van der Waals surface area contributed by atoms with Crippen molar-refractivity contribution in [3.8, 4) is 0 Å². The van der Waals surface area contributed by atoms with Gasteiger partial charge in [-0.15, -0.1) is 0 Å². The maximum atomic E-state index is 13.5. The number of H-pyrrole nitrogens is 1. The van der Waals surface area contributed by atoms with Crippen LogP contribution in [0.1, 0.15) is 12.0 Å². The number of halogens is 3. The zero-order valence-electron chi connectivity index (χ0n) is 14.1. The Morgan fingerprint density at radius 3 is 2.56 bits per heavy atom. The largest absolute Gasteiger partial charge is 0.361 e. The number of aromatic nitrogens is 1. The molecule has 1 aromatic heterocycles. The number of benzene rings is 2. The first-order chi connectivity index (χ1) is 13.0. The van der Waals surface area contributed by atoms with E-state index in [2.05, 4.69) is 15.6 Å². The van der Waals surface area contributed by atoms with Gasteiger partial charge in [0.05, 0.1) is 5.69 Å². The summed E-state index contributed by atoms with van der Waals surface area (Å²) in [5.41, 5.74) is 1.50. The minimum absolute atomic E-state index is 0.313. The van der Waals surface area contributed by atoms with Crippen molar-refractivity contribution >= 4 is 28.4 Å². The van der Waals surface area contributed by atoms with Crippen LogP contribution in [-0.4, -0.2) is 23.3 Å². The van der Waals surface area contributed by atoms with Crippen LogP contribution >= 0.6 is 0 Å². The van der Waals surface area contributed by atoms with E-state index < -0.39 is 41.4 Å². The van der Waals surface area contributed by atoms with Crippen LogP contribution in [0.15, 0.2) is 42.6 Å². The van der Waals surface area contributed by atoms with Crippen LogP contribution in [0.3, 0.4) is 0 Å². The van der Waals surface area contributed by atoms with E-state index in [1.54, 1.807) is 0 Å². The van der Waals surface area contributed by atoms with Crippen molar-refractivity contribution in [3.63, 3.8) is 0 Å². The molecule has 0 atom stereocenters. The van der Waals surface area contributed by atoms with Crippen LogP contribution < -0.4 is 10.6 Å². The molecule has 0 aliphatic rings. The lowest BCUT2D eigenvalue weighted by molar-refractivity contribution is -0.126. The number of hydrogen-bond donors (Lipinski definition) is 3. The van der Waals surface area contributed by atoms with E-state index in [0.717, 1.165) is 22.5 Å². The molecule has 140 valence electrons. The maximum absolute atomic E-state index is 13.5. The molecule has 0 aliphatic heterocycles. The van der Waals surface area contributed by atoms with Crippen molar-refractivity contribution in [2.24, 2.45) is 0 Å². The zero-order chi connectivity index (χ0) is 19.4. The third-order valence-corrected chi connectivity index (χ3v) is 4.02. The van der Waals surface area contributed by atoms with Gasteiger partial charge in [0.2, 0.25) is 11.8 Å². The number of nitrogens with one attached hydrogen (secondary N) is 3. The Morgan fingerprint density at radius 2 is 1.74 bits per heavy atom. The molecule has 0 bridgehead atoms. The number of amides is 2. The second-order valence-electron chi connectivity index (χ2n) is 5.91. The van der Waals surface area contributed by atoms with E-state index in [1.165, 1.54) is 0 Å². The van der Waals surface area contributed by atoms with Crippen LogP contribution in [-0.2, 0) is 16.0 Å². The highest BCUT2D eigenvalue weighted by Crippen LogP contribution is 2.20. The summed E-state index contributed by atoms with van der Waals surface area (Å²) in [6.07, 6.45) is 1.86. The Kier molecular flexibility index (Phi) is 5.44. The fraction of sp³-hybridized carbons (Fsp3) is 0.158. The molecule has 0 aliphatic carbocycles. The van der Waals surface area contributed by atoms with Gasteiger partial charge in [0, 0.05) is 23.6 Å². The predicted octanol–water partition coefficient (Wildman–Crippen LogP) is 3.27. The molecule has 3 rings (SSSR count). The molecule has 0 saturated heterocycles. The van der Waals surface area contributed by atoms with Crippen molar-refractivity contribution in [2.45, 2.75) is 12.8 Å². The first-order valence-electron chi connectivity index (χ1n) is 8.20. The molecule has 0 spiro atoms. The van der Waals surface area contributed by atoms with Gasteiger partial charge in [-0.2, -0.15) is 0 Å². The summed E-state index contributed by atoms with van der Waals surface area (Å²) in [6.45, 7) is 0.313. The molecular formula is C19H16F3N3O2. The molecule has 3 aromatic rings. The average Bonchev–Trinajstić information content (AvgIpc) is 3.05. The first kappa shape index (κ1) is 18.5. The Labute approximate surface area is 152 Å². The number of fused-ring (bicyclic) bond motifs is 1. The number of rotatable bonds is 6. The van der Waals surface area contributed by atoms with Crippen molar-refractivity contribution < 1.29 is 22.8 Å². The Bertz CT molecular complexity index is 1000. The highest BCUT2D eigenvalue weighted by molar-refractivity contribution is 6.03. The van der Waals surface area contributed by atoms with Crippen molar-refractivity contribution in [3.05, 3.63) is 65.6 Å². The lowest BCUT2D eigenvalue weighted by atomic mass is 10.1. The lowest BCUT2D eigenvalue weighted by Crippen LogP contribution is -2.29. The average molecular weight is 375 g/mol. The van der Waals surface area contributed by atoms with Crippen LogP contribution in [0.5, 0.6) is 0 Å². The Hall–Kier alpha value is -3.29. The summed E-state index contributed by atoms with van der Waals surface area (Å²) >= 11 is 0. The van der Waals surface area contributed by atoms with E-state index in [9.17, 15) is 22.8 Å². The van der Waals surface area contributed by atoms with Gasteiger partial charge in [-0.05, 0) is 30.2 Å². The minimum Gasteiger partial charge on any atom is -0.361 e. The summed E-state index contributed by atoms with van der Waals surface area (Å²) in [7, 11) is 0. The topological polar surface area (TPSA) is 74.0 Å². The summed E-state index contributed by atoms with van der Waals surface area (Å²) in [5, 5.41) is 5.70. The molecule has 0 fully saturated rings. The molecule has 2 amide bonds. The van der Waals surface area contributed by atoms with E-state index in [1.807, 2.05) is 30.5 Å². The molecule has 0 radical (unpaired) electrons. The third kappa shape index (κ3) is 4.28. The van der Waals surface area contributed by atoms with E-state index in [4.69, 9.17) is 0 Å². The van der Waals surface area contributed by atoms with Gasteiger partial charge in [-0.25, -0.2) is 13.2 Å².